The molecule has 1 unspecified atom stereocenters. The summed E-state index contributed by atoms with van der Waals surface area (Å²) < 4.78 is 60.7. The van der Waals surface area contributed by atoms with Crippen LogP contribution in [0.15, 0.2) is 41.3 Å². The van der Waals surface area contributed by atoms with E-state index in [1.54, 1.807) is 13.8 Å². The molecule has 1 saturated heterocycles. The summed E-state index contributed by atoms with van der Waals surface area (Å²) in [5.74, 6) is -2.45. The Labute approximate surface area is 183 Å². The number of aliphatic hydroxyl groups is 1. The molecule has 11 heteroatoms. The molecule has 0 aromatic heterocycles. The number of nitrogens with zero attached hydrogens (tertiary/aromatic N) is 1. The number of carbonyl (C=O) groups excluding carboxylic acids is 1. The summed E-state index contributed by atoms with van der Waals surface area (Å²) in [4.78, 5) is 11.9. The molecule has 1 aliphatic rings. The van der Waals surface area contributed by atoms with Gasteiger partial charge in [-0.15, -0.1) is 0 Å². The molecule has 1 amide bonds. The van der Waals surface area contributed by atoms with E-state index in [1.807, 2.05) is 0 Å². The lowest BCUT2D eigenvalue weighted by Crippen LogP contribution is -2.51. The molecule has 1 fully saturated rings. The Bertz CT molecular complexity index is 1110. The first-order valence-corrected chi connectivity index (χ1v) is 11.1. The van der Waals surface area contributed by atoms with Gasteiger partial charge in [0.1, 0.15) is 16.5 Å². The molecule has 1 atom stereocenters. The van der Waals surface area contributed by atoms with Crippen molar-refractivity contribution in [2.45, 2.75) is 30.4 Å². The fourth-order valence-electron chi connectivity index (χ4n) is 3.17. The number of benzene rings is 2. The zero-order valence-electron chi connectivity index (χ0n) is 16.7. The summed E-state index contributed by atoms with van der Waals surface area (Å²) in [6.45, 7) is 2.83. The number of carbonyl (C=O) groups is 1. The second-order valence-electron chi connectivity index (χ2n) is 7.75. The zero-order valence-corrected chi connectivity index (χ0v) is 18.3. The standard InChI is InChI=1S/C20H21ClF2N2O5S/c1-20(2)11-30-10-14(26)9-25(20)31(28,29)18-7-12(3-5-17(18)23)19(27)24-13-4-6-16(22)15(21)8-13/h3-8,14,26H,9-11H2,1-2H3,(H,24,27). The van der Waals surface area contributed by atoms with Gasteiger partial charge in [0.15, 0.2) is 0 Å². The maximum atomic E-state index is 14.6. The van der Waals surface area contributed by atoms with Crippen molar-refractivity contribution in [1.29, 1.82) is 0 Å². The first-order valence-electron chi connectivity index (χ1n) is 9.26. The number of aliphatic hydroxyl groups excluding tert-OH is 1. The van der Waals surface area contributed by atoms with Crippen LogP contribution in [-0.2, 0) is 14.8 Å². The molecule has 2 N–H and O–H groups in total. The van der Waals surface area contributed by atoms with Crippen molar-refractivity contribution in [2.75, 3.05) is 25.1 Å². The number of β-amino-alcohol motifs (C(OH)–C–C–N with tert-alkyl or cyclic N) is 1. The van der Waals surface area contributed by atoms with Crippen molar-refractivity contribution in [3.05, 3.63) is 58.6 Å². The van der Waals surface area contributed by atoms with Gasteiger partial charge in [0, 0.05) is 17.8 Å². The predicted molar refractivity (Wildman–Crippen MR) is 111 cm³/mol. The molecule has 2 aromatic carbocycles. The smallest absolute Gasteiger partial charge is 0.255 e. The third-order valence-electron chi connectivity index (χ3n) is 4.76. The number of sulfonamides is 1. The van der Waals surface area contributed by atoms with Crippen molar-refractivity contribution in [3.8, 4) is 0 Å². The van der Waals surface area contributed by atoms with Crippen LogP contribution >= 0.6 is 11.6 Å². The normalized spacial score (nSPS) is 19.6. The molecule has 0 radical (unpaired) electrons. The highest BCUT2D eigenvalue weighted by molar-refractivity contribution is 7.89. The van der Waals surface area contributed by atoms with Crippen LogP contribution in [-0.4, -0.2) is 55.1 Å². The summed E-state index contributed by atoms with van der Waals surface area (Å²) >= 11 is 5.70. The minimum absolute atomic E-state index is 0.00356. The van der Waals surface area contributed by atoms with E-state index in [1.165, 1.54) is 12.1 Å². The van der Waals surface area contributed by atoms with Crippen LogP contribution in [0.3, 0.4) is 0 Å². The van der Waals surface area contributed by atoms with Gasteiger partial charge in [-0.1, -0.05) is 11.6 Å². The van der Waals surface area contributed by atoms with Gasteiger partial charge in [-0.25, -0.2) is 17.2 Å². The van der Waals surface area contributed by atoms with Gasteiger partial charge in [0.2, 0.25) is 10.0 Å². The highest BCUT2D eigenvalue weighted by Crippen LogP contribution is 2.30. The van der Waals surface area contributed by atoms with Gasteiger partial charge < -0.3 is 15.2 Å². The Morgan fingerprint density at radius 1 is 1.23 bits per heavy atom. The Hall–Kier alpha value is -2.11. The van der Waals surface area contributed by atoms with Gasteiger partial charge in [-0.05, 0) is 50.2 Å². The van der Waals surface area contributed by atoms with Crippen molar-refractivity contribution < 1.29 is 31.8 Å². The van der Waals surface area contributed by atoms with E-state index < -0.39 is 44.1 Å². The van der Waals surface area contributed by atoms with E-state index in [0.717, 1.165) is 28.6 Å². The second-order valence-corrected chi connectivity index (χ2v) is 9.98. The van der Waals surface area contributed by atoms with E-state index in [-0.39, 0.29) is 36.0 Å². The topological polar surface area (TPSA) is 95.9 Å². The van der Waals surface area contributed by atoms with Crippen LogP contribution < -0.4 is 5.32 Å². The first kappa shape index (κ1) is 23.6. The molecule has 0 spiro atoms. The van der Waals surface area contributed by atoms with E-state index in [4.69, 9.17) is 16.3 Å². The molecule has 2 aromatic rings. The third kappa shape index (κ3) is 5.04. The molecule has 168 valence electrons. The van der Waals surface area contributed by atoms with Crippen LogP contribution in [0.25, 0.3) is 0 Å². The molecule has 1 heterocycles. The van der Waals surface area contributed by atoms with Gasteiger partial charge in [-0.2, -0.15) is 4.31 Å². The number of hydrogen-bond acceptors (Lipinski definition) is 5. The summed E-state index contributed by atoms with van der Waals surface area (Å²) in [6.07, 6.45) is -1.09. The Morgan fingerprint density at radius 2 is 1.90 bits per heavy atom. The number of halogens is 3. The number of rotatable bonds is 4. The molecule has 0 aliphatic carbocycles. The molecule has 7 nitrogen and oxygen atoms in total. The Kier molecular flexibility index (Phi) is 6.68. The van der Waals surface area contributed by atoms with Crippen LogP contribution in [0.4, 0.5) is 14.5 Å². The Morgan fingerprint density at radius 3 is 2.58 bits per heavy atom. The quantitative estimate of drug-likeness (QED) is 0.710. The summed E-state index contributed by atoms with van der Waals surface area (Å²) in [5.41, 5.74) is -1.02. The third-order valence-corrected chi connectivity index (χ3v) is 7.14. The highest BCUT2D eigenvalue weighted by Gasteiger charge is 2.42. The van der Waals surface area contributed by atoms with Gasteiger partial charge in [-0.3, -0.25) is 4.79 Å². The largest absolute Gasteiger partial charge is 0.389 e. The summed E-state index contributed by atoms with van der Waals surface area (Å²) in [7, 11) is -4.43. The summed E-state index contributed by atoms with van der Waals surface area (Å²) in [5, 5.41) is 12.2. The molecular weight excluding hydrogens is 454 g/mol. The number of ether oxygens (including phenoxy) is 1. The number of amides is 1. The van der Waals surface area contributed by atoms with Gasteiger partial charge in [0.05, 0.1) is 29.9 Å². The predicted octanol–water partition coefficient (Wildman–Crippen LogP) is 3.03. The molecule has 31 heavy (non-hydrogen) atoms. The number of hydrogen-bond donors (Lipinski definition) is 2. The highest BCUT2D eigenvalue weighted by atomic mass is 35.5. The van der Waals surface area contributed by atoms with E-state index in [2.05, 4.69) is 5.32 Å². The van der Waals surface area contributed by atoms with Crippen LogP contribution in [0.5, 0.6) is 0 Å². The van der Waals surface area contributed by atoms with Crippen LogP contribution in [0.1, 0.15) is 24.2 Å². The van der Waals surface area contributed by atoms with E-state index >= 15 is 0 Å². The maximum absolute atomic E-state index is 14.6. The molecular formula is C20H21ClF2N2O5S. The van der Waals surface area contributed by atoms with Gasteiger partial charge in [0.25, 0.3) is 5.91 Å². The van der Waals surface area contributed by atoms with Crippen molar-refractivity contribution in [2.24, 2.45) is 0 Å². The van der Waals surface area contributed by atoms with Gasteiger partial charge >= 0.3 is 0 Å². The second kappa shape index (κ2) is 8.79. The average Bonchev–Trinajstić information content (AvgIpc) is 2.82. The monoisotopic (exact) mass is 474 g/mol. The SMILES string of the molecule is CC1(C)COCC(O)CN1S(=O)(=O)c1cc(C(=O)Nc2ccc(F)c(Cl)c2)ccc1F. The minimum atomic E-state index is -4.43. The molecule has 0 saturated carbocycles. The average molecular weight is 475 g/mol. The molecule has 1 aliphatic heterocycles. The lowest BCUT2D eigenvalue weighted by atomic mass is 10.1. The zero-order chi connectivity index (χ0) is 23.0. The molecule has 0 bridgehead atoms. The fourth-order valence-corrected chi connectivity index (χ4v) is 5.25. The summed E-state index contributed by atoms with van der Waals surface area (Å²) in [6, 6.07) is 6.45. The van der Waals surface area contributed by atoms with Crippen molar-refractivity contribution >= 4 is 33.2 Å². The van der Waals surface area contributed by atoms with Crippen LogP contribution in [0.2, 0.25) is 5.02 Å². The number of nitrogens with one attached hydrogen (secondary N) is 1. The molecule has 3 rings (SSSR count). The van der Waals surface area contributed by atoms with E-state index in [9.17, 15) is 27.1 Å². The van der Waals surface area contributed by atoms with E-state index in [0.29, 0.717) is 0 Å². The fraction of sp³-hybridized carbons (Fsp3) is 0.350. The lowest BCUT2D eigenvalue weighted by molar-refractivity contribution is 0.0461. The maximum Gasteiger partial charge on any atom is 0.255 e. The minimum Gasteiger partial charge on any atom is -0.389 e. The first-order chi connectivity index (χ1) is 14.4. The van der Waals surface area contributed by atoms with Crippen LogP contribution in [0, 0.1) is 11.6 Å². The van der Waals surface area contributed by atoms with Crippen molar-refractivity contribution in [3.63, 3.8) is 0 Å². The van der Waals surface area contributed by atoms with Crippen molar-refractivity contribution in [1.82, 2.24) is 4.31 Å². The lowest BCUT2D eigenvalue weighted by Gasteiger charge is -2.35. The number of anilines is 1. The Balaban J connectivity index is 1.95.